The van der Waals surface area contributed by atoms with E-state index in [0.29, 0.717) is 19.6 Å². The summed E-state index contributed by atoms with van der Waals surface area (Å²) in [6.07, 6.45) is 5.66. The quantitative estimate of drug-likeness (QED) is 0.324. The Balaban J connectivity index is 1.30. The molecule has 0 N–H and O–H groups in total. The average Bonchev–Trinajstić information content (AvgIpc) is 3.74. The van der Waals surface area contributed by atoms with Gasteiger partial charge in [0.2, 0.25) is 5.91 Å². The molecule has 3 aromatic rings. The fourth-order valence-corrected chi connectivity index (χ4v) is 6.35. The molecule has 0 radical (unpaired) electrons. The van der Waals surface area contributed by atoms with Crippen molar-refractivity contribution in [3.63, 3.8) is 0 Å². The number of allylic oxidation sites excluding steroid dienone is 1. The number of hydrogen-bond acceptors (Lipinski definition) is 3. The molecule has 3 aromatic carbocycles. The summed E-state index contributed by atoms with van der Waals surface area (Å²) in [5.41, 5.74) is 6.72. The molecule has 1 saturated heterocycles. The lowest BCUT2D eigenvalue weighted by Gasteiger charge is -2.40. The van der Waals surface area contributed by atoms with E-state index in [0.717, 1.165) is 42.4 Å². The van der Waals surface area contributed by atoms with Crippen LogP contribution < -0.4 is 0 Å². The zero-order valence-corrected chi connectivity index (χ0v) is 24.4. The number of fused-ring (bicyclic) bond motifs is 1. The Kier molecular flexibility index (Phi) is 7.46. The Morgan fingerprint density at radius 1 is 0.902 bits per heavy atom. The highest BCUT2D eigenvalue weighted by molar-refractivity contribution is 5.85. The molecule has 0 aromatic heterocycles. The summed E-state index contributed by atoms with van der Waals surface area (Å²) in [5, 5.41) is 0. The number of rotatable bonds is 6. The van der Waals surface area contributed by atoms with Crippen LogP contribution in [0.15, 0.2) is 84.9 Å². The summed E-state index contributed by atoms with van der Waals surface area (Å²) in [6, 6.07) is 27.8. The highest BCUT2D eigenvalue weighted by atomic mass is 16.6. The van der Waals surface area contributed by atoms with Crippen LogP contribution in [0.5, 0.6) is 0 Å². The van der Waals surface area contributed by atoms with Crippen molar-refractivity contribution in [3.05, 3.63) is 102 Å². The Bertz CT molecular complexity index is 1450. The van der Waals surface area contributed by atoms with Crippen LogP contribution in [-0.2, 0) is 16.0 Å². The van der Waals surface area contributed by atoms with Crippen LogP contribution in [0.1, 0.15) is 62.6 Å². The van der Waals surface area contributed by atoms with E-state index >= 15 is 0 Å². The van der Waals surface area contributed by atoms with Gasteiger partial charge in [0, 0.05) is 25.7 Å². The second-order valence-corrected chi connectivity index (χ2v) is 12.7. The topological polar surface area (TPSA) is 49.9 Å². The van der Waals surface area contributed by atoms with Crippen LogP contribution in [0.3, 0.4) is 0 Å². The van der Waals surface area contributed by atoms with Crippen LogP contribution in [0.25, 0.3) is 16.7 Å². The summed E-state index contributed by atoms with van der Waals surface area (Å²) >= 11 is 0. The molecule has 2 aliphatic carbocycles. The second kappa shape index (κ2) is 11.2. The van der Waals surface area contributed by atoms with Gasteiger partial charge in [-0.15, -0.1) is 0 Å². The van der Waals surface area contributed by atoms with Crippen molar-refractivity contribution in [3.8, 4) is 11.1 Å². The molecule has 3 aliphatic rings. The molecule has 41 heavy (non-hydrogen) atoms. The fourth-order valence-electron chi connectivity index (χ4n) is 6.35. The lowest BCUT2D eigenvalue weighted by molar-refractivity contribution is -0.137. The Morgan fingerprint density at radius 2 is 1.63 bits per heavy atom. The Morgan fingerprint density at radius 3 is 2.39 bits per heavy atom. The van der Waals surface area contributed by atoms with Crippen LogP contribution in [-0.4, -0.2) is 53.1 Å². The minimum atomic E-state index is -0.583. The Hall–Kier alpha value is -3.86. The van der Waals surface area contributed by atoms with E-state index in [1.54, 1.807) is 4.90 Å². The normalized spacial score (nSPS) is 20.3. The molecule has 5 heteroatoms. The van der Waals surface area contributed by atoms with Gasteiger partial charge in [-0.25, -0.2) is 4.79 Å². The largest absolute Gasteiger partial charge is 0.444 e. The van der Waals surface area contributed by atoms with Crippen molar-refractivity contribution in [1.29, 1.82) is 0 Å². The van der Waals surface area contributed by atoms with Gasteiger partial charge in [-0.1, -0.05) is 84.9 Å². The van der Waals surface area contributed by atoms with Crippen molar-refractivity contribution in [2.45, 2.75) is 64.0 Å². The summed E-state index contributed by atoms with van der Waals surface area (Å²) in [4.78, 5) is 31.6. The molecule has 1 heterocycles. The van der Waals surface area contributed by atoms with Gasteiger partial charge >= 0.3 is 6.09 Å². The molecule has 1 saturated carbocycles. The molecule has 212 valence electrons. The lowest BCUT2D eigenvalue weighted by Crippen LogP contribution is -2.51. The first-order chi connectivity index (χ1) is 19.8. The third-order valence-corrected chi connectivity index (χ3v) is 8.55. The van der Waals surface area contributed by atoms with Gasteiger partial charge < -0.3 is 14.5 Å². The molecular formula is C36H40N2O3. The second-order valence-electron chi connectivity index (χ2n) is 12.7. The molecule has 0 unspecified atom stereocenters. The van der Waals surface area contributed by atoms with Crippen molar-refractivity contribution in [1.82, 2.24) is 9.80 Å². The fraction of sp³-hybridized carbons (Fsp3) is 0.389. The van der Waals surface area contributed by atoms with E-state index in [-0.39, 0.29) is 29.9 Å². The first-order valence-electron chi connectivity index (χ1n) is 15.0. The maximum absolute atomic E-state index is 14.6. The number of amides is 2. The lowest BCUT2D eigenvalue weighted by atomic mass is 9.79. The summed E-state index contributed by atoms with van der Waals surface area (Å²) in [5.74, 6) is -0.155. The van der Waals surface area contributed by atoms with E-state index in [2.05, 4.69) is 83.8 Å². The predicted molar refractivity (Wildman–Crippen MR) is 163 cm³/mol. The van der Waals surface area contributed by atoms with Crippen LogP contribution >= 0.6 is 0 Å². The van der Waals surface area contributed by atoms with E-state index in [4.69, 9.17) is 4.74 Å². The zero-order valence-electron chi connectivity index (χ0n) is 24.4. The first kappa shape index (κ1) is 27.3. The maximum atomic E-state index is 14.6. The van der Waals surface area contributed by atoms with Gasteiger partial charge in [-0.2, -0.15) is 0 Å². The molecular weight excluding hydrogens is 508 g/mol. The van der Waals surface area contributed by atoms with Gasteiger partial charge in [-0.05, 0) is 85.8 Å². The molecule has 0 bridgehead atoms. The highest BCUT2D eigenvalue weighted by Crippen LogP contribution is 2.40. The van der Waals surface area contributed by atoms with Crippen molar-refractivity contribution in [2.75, 3.05) is 19.6 Å². The number of nitrogens with zero attached hydrogens (tertiary/aromatic N) is 2. The molecule has 0 spiro atoms. The van der Waals surface area contributed by atoms with Gasteiger partial charge in [0.15, 0.2) is 0 Å². The number of carbonyl (C=O) groups is 2. The van der Waals surface area contributed by atoms with Crippen molar-refractivity contribution >= 4 is 17.6 Å². The average molecular weight is 549 g/mol. The number of hydrogen-bond donors (Lipinski definition) is 0. The van der Waals surface area contributed by atoms with Crippen LogP contribution in [0.4, 0.5) is 4.79 Å². The number of piperidine rings is 1. The van der Waals surface area contributed by atoms with Gasteiger partial charge in [0.25, 0.3) is 0 Å². The number of ether oxygens (including phenoxy) is 1. The molecule has 5 nitrogen and oxygen atoms in total. The van der Waals surface area contributed by atoms with E-state index in [9.17, 15) is 9.59 Å². The van der Waals surface area contributed by atoms with Gasteiger partial charge in [0.1, 0.15) is 5.60 Å². The minimum Gasteiger partial charge on any atom is -0.444 e. The van der Waals surface area contributed by atoms with Crippen LogP contribution in [0.2, 0.25) is 0 Å². The highest BCUT2D eigenvalue weighted by Gasteiger charge is 2.43. The van der Waals surface area contributed by atoms with E-state index < -0.39 is 5.60 Å². The smallest absolute Gasteiger partial charge is 0.410 e. The third kappa shape index (κ3) is 6.09. The number of carbonyl (C=O) groups excluding carboxylic acids is 2. The molecule has 6 rings (SSSR count). The van der Waals surface area contributed by atoms with Crippen LogP contribution in [0, 0.1) is 5.92 Å². The third-order valence-electron chi connectivity index (χ3n) is 8.55. The minimum absolute atomic E-state index is 0.0240. The number of likely N-dealkylation sites (tertiary alicyclic amines) is 1. The van der Waals surface area contributed by atoms with E-state index in [1.165, 1.54) is 16.7 Å². The van der Waals surface area contributed by atoms with Gasteiger partial charge in [-0.3, -0.25) is 4.79 Å². The number of benzene rings is 3. The zero-order chi connectivity index (χ0) is 28.6. The standard InChI is InChI=1S/C36H40N2O3/c1-36(2,3)41-35(40)37-21-20-32(28-14-9-13-27(22-28)25-10-5-4-6-11-25)33(24-37)34(39)38(30-18-19-30)23-29-17-16-26-12-7-8-15-31(26)29/h4-15,17,22,30,32-33H,16,18-21,23-24H2,1-3H3/t32-,33+/m1/s1. The Labute approximate surface area is 243 Å². The monoisotopic (exact) mass is 548 g/mol. The molecule has 1 aliphatic heterocycles. The summed E-state index contributed by atoms with van der Waals surface area (Å²) in [6.45, 7) is 7.22. The molecule has 2 fully saturated rings. The van der Waals surface area contributed by atoms with Gasteiger partial charge in [0.05, 0.1) is 5.92 Å². The van der Waals surface area contributed by atoms with Crippen molar-refractivity contribution < 1.29 is 14.3 Å². The molecule has 2 amide bonds. The van der Waals surface area contributed by atoms with Crippen molar-refractivity contribution in [2.24, 2.45) is 5.92 Å². The van der Waals surface area contributed by atoms with E-state index in [1.807, 2.05) is 26.8 Å². The first-order valence-corrected chi connectivity index (χ1v) is 15.0. The summed E-state index contributed by atoms with van der Waals surface area (Å²) in [7, 11) is 0. The summed E-state index contributed by atoms with van der Waals surface area (Å²) < 4.78 is 5.74. The SMILES string of the molecule is CC(C)(C)OC(=O)N1CC[C@H](c2cccc(-c3ccccc3)c2)[C@@H](C(=O)N(CC2=CCc3ccccc32)C2CC2)C1. The maximum Gasteiger partial charge on any atom is 0.410 e. The predicted octanol–water partition coefficient (Wildman–Crippen LogP) is 7.32. The molecule has 2 atom stereocenters.